The Morgan fingerprint density at radius 3 is 2.17 bits per heavy atom. The Labute approximate surface area is 146 Å². The Morgan fingerprint density at radius 2 is 1.54 bits per heavy atom. The van der Waals surface area contributed by atoms with E-state index in [0.29, 0.717) is 12.5 Å². The Hall–Kier alpha value is -0.690. The van der Waals surface area contributed by atoms with Gasteiger partial charge in [0.25, 0.3) is 0 Å². The fourth-order valence-corrected chi connectivity index (χ4v) is 4.29. The topological polar surface area (TPSA) is 39.3 Å². The lowest BCUT2D eigenvalue weighted by molar-refractivity contribution is -0.135. The molecule has 0 atom stereocenters. The first-order chi connectivity index (χ1) is 11.8. The second-order valence-corrected chi connectivity index (χ2v) is 7.47. The van der Waals surface area contributed by atoms with E-state index < -0.39 is 0 Å². The lowest BCUT2D eigenvalue weighted by atomic mass is 10.2. The number of amides is 1. The summed E-state index contributed by atoms with van der Waals surface area (Å²) in [4.78, 5) is 22.0. The molecule has 0 spiro atoms. The second-order valence-electron chi connectivity index (χ2n) is 7.47. The third kappa shape index (κ3) is 4.91. The molecule has 2 aliphatic heterocycles. The van der Waals surface area contributed by atoms with Crippen LogP contribution in [0.1, 0.15) is 25.7 Å². The van der Waals surface area contributed by atoms with Crippen LogP contribution in [0.2, 0.25) is 0 Å². The van der Waals surface area contributed by atoms with Crippen LogP contribution >= 0.6 is 0 Å². The van der Waals surface area contributed by atoms with Gasteiger partial charge in [0.05, 0.1) is 13.2 Å². The largest absolute Gasteiger partial charge is 0.383 e. The maximum absolute atomic E-state index is 12.6. The zero-order valence-electron chi connectivity index (χ0n) is 15.3. The predicted molar refractivity (Wildman–Crippen MR) is 95.2 cm³/mol. The number of carbonyl (C=O) groups excluding carboxylic acids is 1. The van der Waals surface area contributed by atoms with Crippen LogP contribution in [0.4, 0.5) is 0 Å². The predicted octanol–water partition coefficient (Wildman–Crippen LogP) is 0.337. The van der Waals surface area contributed by atoms with E-state index in [-0.39, 0.29) is 0 Å². The Kier molecular flexibility index (Phi) is 6.89. The number of nitrogens with zero attached hydrogens (tertiary/aromatic N) is 4. The zero-order chi connectivity index (χ0) is 16.8. The van der Waals surface area contributed by atoms with Crippen molar-refractivity contribution in [3.8, 4) is 0 Å². The van der Waals surface area contributed by atoms with Crippen LogP contribution in [0.25, 0.3) is 0 Å². The number of piperazine rings is 2. The van der Waals surface area contributed by atoms with Crippen molar-refractivity contribution in [1.29, 1.82) is 0 Å². The van der Waals surface area contributed by atoms with Crippen molar-refractivity contribution in [2.75, 3.05) is 79.2 Å². The minimum absolute atomic E-state index is 0.325. The quantitative estimate of drug-likeness (QED) is 0.698. The highest BCUT2D eigenvalue weighted by molar-refractivity contribution is 5.78. The molecule has 1 aliphatic carbocycles. The monoisotopic (exact) mass is 338 g/mol. The maximum Gasteiger partial charge on any atom is 0.236 e. The van der Waals surface area contributed by atoms with Crippen LogP contribution in [-0.4, -0.2) is 111 Å². The molecule has 3 fully saturated rings. The number of carbonyl (C=O) groups is 1. The molecule has 3 rings (SSSR count). The molecule has 0 N–H and O–H groups in total. The number of hydrogen-bond acceptors (Lipinski definition) is 5. The van der Waals surface area contributed by atoms with E-state index in [0.717, 1.165) is 71.6 Å². The van der Waals surface area contributed by atoms with E-state index in [9.17, 15) is 4.79 Å². The number of hydrogen-bond donors (Lipinski definition) is 0. The highest BCUT2D eigenvalue weighted by Crippen LogP contribution is 2.24. The van der Waals surface area contributed by atoms with E-state index in [1.165, 1.54) is 25.7 Å². The van der Waals surface area contributed by atoms with Crippen LogP contribution in [0.5, 0.6) is 0 Å². The molecule has 0 bridgehead atoms. The van der Waals surface area contributed by atoms with Gasteiger partial charge in [-0.3, -0.25) is 19.5 Å². The third-order valence-electron chi connectivity index (χ3n) is 5.94. The van der Waals surface area contributed by atoms with Gasteiger partial charge in [-0.25, -0.2) is 0 Å². The zero-order valence-corrected chi connectivity index (χ0v) is 15.3. The average molecular weight is 338 g/mol. The van der Waals surface area contributed by atoms with Crippen LogP contribution < -0.4 is 0 Å². The summed E-state index contributed by atoms with van der Waals surface area (Å²) in [6.45, 7) is 10.5. The van der Waals surface area contributed by atoms with Gasteiger partial charge < -0.3 is 9.64 Å². The summed E-state index contributed by atoms with van der Waals surface area (Å²) in [6, 6.07) is 0.794. The number of rotatable bonds is 6. The molecular weight excluding hydrogens is 304 g/mol. The molecule has 2 heterocycles. The summed E-state index contributed by atoms with van der Waals surface area (Å²) in [5.74, 6) is 0.325. The minimum atomic E-state index is 0.325. The maximum atomic E-state index is 12.6. The molecule has 1 amide bonds. The molecule has 0 aromatic heterocycles. The van der Waals surface area contributed by atoms with Gasteiger partial charge in [-0.2, -0.15) is 0 Å². The molecule has 0 unspecified atom stereocenters. The lowest BCUT2D eigenvalue weighted by Crippen LogP contribution is -2.55. The number of ether oxygens (including phenoxy) is 1. The van der Waals surface area contributed by atoms with Crippen LogP contribution in [0.3, 0.4) is 0 Å². The molecular formula is C18H34N4O2. The van der Waals surface area contributed by atoms with Crippen molar-refractivity contribution in [3.05, 3.63) is 0 Å². The van der Waals surface area contributed by atoms with Gasteiger partial charge in [0.1, 0.15) is 0 Å². The number of methoxy groups -OCH3 is 1. The van der Waals surface area contributed by atoms with Crippen molar-refractivity contribution < 1.29 is 9.53 Å². The molecule has 3 aliphatic rings. The lowest BCUT2D eigenvalue weighted by Gasteiger charge is -2.39. The minimum Gasteiger partial charge on any atom is -0.383 e. The fourth-order valence-electron chi connectivity index (χ4n) is 4.29. The van der Waals surface area contributed by atoms with Crippen molar-refractivity contribution >= 4 is 5.91 Å². The Morgan fingerprint density at radius 1 is 0.917 bits per heavy atom. The Bertz CT molecular complexity index is 384. The van der Waals surface area contributed by atoms with Crippen molar-refractivity contribution in [1.82, 2.24) is 19.6 Å². The summed E-state index contributed by atoms with van der Waals surface area (Å²) in [7, 11) is 1.75. The highest BCUT2D eigenvalue weighted by Gasteiger charge is 2.28. The first-order valence-corrected chi connectivity index (χ1v) is 9.72. The standard InChI is InChI=1S/C18H34N4O2/c1-24-15-14-19-6-8-20(9-7-19)16-18(23)22-12-10-21(11-13-22)17-4-2-3-5-17/h17H,2-16H2,1H3. The molecule has 6 nitrogen and oxygen atoms in total. The molecule has 138 valence electrons. The van der Waals surface area contributed by atoms with Gasteiger partial charge in [-0.15, -0.1) is 0 Å². The molecule has 0 aromatic rings. The molecule has 0 radical (unpaired) electrons. The van der Waals surface area contributed by atoms with Gasteiger partial charge in [0.2, 0.25) is 5.91 Å². The highest BCUT2D eigenvalue weighted by atomic mass is 16.5. The van der Waals surface area contributed by atoms with Crippen LogP contribution in [0.15, 0.2) is 0 Å². The van der Waals surface area contributed by atoms with Gasteiger partial charge in [-0.1, -0.05) is 12.8 Å². The van der Waals surface area contributed by atoms with E-state index in [2.05, 4.69) is 19.6 Å². The fraction of sp³-hybridized carbons (Fsp3) is 0.944. The van der Waals surface area contributed by atoms with E-state index in [4.69, 9.17) is 4.74 Å². The summed E-state index contributed by atoms with van der Waals surface area (Å²) in [6.07, 6.45) is 5.50. The van der Waals surface area contributed by atoms with Gasteiger partial charge in [-0.05, 0) is 12.8 Å². The van der Waals surface area contributed by atoms with Crippen molar-refractivity contribution in [3.63, 3.8) is 0 Å². The van der Waals surface area contributed by atoms with Crippen LogP contribution in [-0.2, 0) is 9.53 Å². The van der Waals surface area contributed by atoms with E-state index >= 15 is 0 Å². The van der Waals surface area contributed by atoms with Gasteiger partial charge in [0, 0.05) is 72.1 Å². The SMILES string of the molecule is COCCN1CCN(CC(=O)N2CCN(C3CCCC3)CC2)CC1. The first kappa shape index (κ1) is 18.1. The summed E-state index contributed by atoms with van der Waals surface area (Å²) < 4.78 is 5.14. The first-order valence-electron chi connectivity index (χ1n) is 9.72. The van der Waals surface area contributed by atoms with Gasteiger partial charge >= 0.3 is 0 Å². The Balaban J connectivity index is 1.34. The molecule has 6 heteroatoms. The normalized spacial score (nSPS) is 25.5. The van der Waals surface area contributed by atoms with Crippen molar-refractivity contribution in [2.45, 2.75) is 31.7 Å². The molecule has 24 heavy (non-hydrogen) atoms. The summed E-state index contributed by atoms with van der Waals surface area (Å²) in [5.41, 5.74) is 0. The average Bonchev–Trinajstić information content (AvgIpc) is 3.16. The smallest absolute Gasteiger partial charge is 0.236 e. The van der Waals surface area contributed by atoms with E-state index in [1.807, 2.05) is 0 Å². The van der Waals surface area contributed by atoms with E-state index in [1.54, 1.807) is 7.11 Å². The summed E-state index contributed by atoms with van der Waals surface area (Å²) >= 11 is 0. The van der Waals surface area contributed by atoms with Crippen molar-refractivity contribution in [2.24, 2.45) is 0 Å². The summed E-state index contributed by atoms with van der Waals surface area (Å²) in [5, 5.41) is 0. The third-order valence-corrected chi connectivity index (χ3v) is 5.94. The molecule has 1 saturated carbocycles. The molecule has 0 aromatic carbocycles. The second kappa shape index (κ2) is 9.13. The molecule has 2 saturated heterocycles. The van der Waals surface area contributed by atoms with Gasteiger partial charge in [0.15, 0.2) is 0 Å². The van der Waals surface area contributed by atoms with Crippen LogP contribution in [0, 0.1) is 0 Å².